The van der Waals surface area contributed by atoms with Gasteiger partial charge < -0.3 is 14.8 Å². The summed E-state index contributed by atoms with van der Waals surface area (Å²) in [7, 11) is -1.04. The van der Waals surface area contributed by atoms with Gasteiger partial charge in [-0.25, -0.2) is 9.78 Å². The Bertz CT molecular complexity index is 634. The van der Waals surface area contributed by atoms with Gasteiger partial charge in [-0.1, -0.05) is 23.9 Å². The number of aromatic carboxylic acids is 1. The number of hydrogen-bond acceptors (Lipinski definition) is 6. The van der Waals surface area contributed by atoms with Crippen LogP contribution in [-0.4, -0.2) is 33.4 Å². The normalized spacial score (nSPS) is 17.4. The molecule has 3 rings (SSSR count). The molecule has 1 unspecified atom stereocenters. The van der Waals surface area contributed by atoms with Gasteiger partial charge in [0, 0.05) is 11.6 Å². The molecule has 0 fully saturated rings. The number of para-hydroxylation sites is 1. The van der Waals surface area contributed by atoms with Gasteiger partial charge in [0.25, 0.3) is 0 Å². The highest BCUT2D eigenvalue weighted by atomic mass is 32.2. The van der Waals surface area contributed by atoms with Crippen LogP contribution in [0.4, 0.5) is 0 Å². The summed E-state index contributed by atoms with van der Waals surface area (Å²) in [5.74, 6) is -0.788. The second-order valence-electron chi connectivity index (χ2n) is 4.27. The van der Waals surface area contributed by atoms with E-state index >= 15 is 0 Å². The Morgan fingerprint density at radius 1 is 1.55 bits per heavy atom. The Morgan fingerprint density at radius 2 is 2.40 bits per heavy atom. The predicted octanol–water partition coefficient (Wildman–Crippen LogP) is 1.96. The van der Waals surface area contributed by atoms with Crippen LogP contribution in [0.2, 0.25) is 0 Å². The summed E-state index contributed by atoms with van der Waals surface area (Å²) >= 11 is 2.94. The molecular weight excluding hydrogens is 297 g/mol. The van der Waals surface area contributed by atoms with E-state index in [1.165, 1.54) is 29.2 Å². The van der Waals surface area contributed by atoms with Crippen molar-refractivity contribution in [1.82, 2.24) is 4.98 Å². The molecule has 0 spiro atoms. The van der Waals surface area contributed by atoms with Crippen molar-refractivity contribution in [2.45, 2.75) is 15.9 Å². The molecule has 0 bridgehead atoms. The van der Waals surface area contributed by atoms with E-state index in [4.69, 9.17) is 9.76 Å². The van der Waals surface area contributed by atoms with Crippen LogP contribution in [-0.2, 0) is 6.42 Å². The predicted molar refractivity (Wildman–Crippen MR) is 77.5 cm³/mol. The fourth-order valence-corrected chi connectivity index (χ4v) is 4.00. The molecule has 20 heavy (non-hydrogen) atoms. The van der Waals surface area contributed by atoms with Gasteiger partial charge in [0.05, 0.1) is 10.7 Å². The third-order valence-corrected chi connectivity index (χ3v) is 5.12. The van der Waals surface area contributed by atoms with Crippen molar-refractivity contribution < 1.29 is 19.6 Å². The van der Waals surface area contributed by atoms with E-state index in [2.05, 4.69) is 4.98 Å². The van der Waals surface area contributed by atoms with Gasteiger partial charge >= 0.3 is 13.1 Å². The lowest BCUT2D eigenvalue weighted by molar-refractivity contribution is 0.0694. The number of aromatic nitrogens is 1. The average Bonchev–Trinajstić information content (AvgIpc) is 2.91. The molecule has 0 radical (unpaired) electrons. The van der Waals surface area contributed by atoms with Gasteiger partial charge in [0.2, 0.25) is 0 Å². The largest absolute Gasteiger partial charge is 0.537 e. The zero-order chi connectivity index (χ0) is 14.1. The number of nitrogens with zero attached hydrogens (tertiary/aromatic N) is 1. The van der Waals surface area contributed by atoms with E-state index < -0.39 is 13.1 Å². The number of carboxylic acid groups (broad SMARTS) is 1. The number of carboxylic acids is 1. The summed E-state index contributed by atoms with van der Waals surface area (Å²) in [5.41, 5.74) is 0.878. The van der Waals surface area contributed by atoms with Crippen molar-refractivity contribution in [2.24, 2.45) is 0 Å². The second-order valence-corrected chi connectivity index (χ2v) is 6.65. The number of benzene rings is 1. The monoisotopic (exact) mass is 307 g/mol. The molecule has 1 aromatic carbocycles. The van der Waals surface area contributed by atoms with Crippen molar-refractivity contribution in [1.29, 1.82) is 0 Å². The molecule has 8 heteroatoms. The van der Waals surface area contributed by atoms with Gasteiger partial charge in [-0.15, -0.1) is 11.3 Å². The highest BCUT2D eigenvalue weighted by Crippen LogP contribution is 2.36. The quantitative estimate of drug-likeness (QED) is 0.844. The number of thiazole rings is 1. The molecule has 1 aromatic heterocycles. The Hall–Kier alpha value is -1.51. The Balaban J connectivity index is 1.87. The Kier molecular flexibility index (Phi) is 3.69. The summed E-state index contributed by atoms with van der Waals surface area (Å²) < 4.78 is 6.27. The van der Waals surface area contributed by atoms with E-state index in [0.717, 1.165) is 9.90 Å². The third kappa shape index (κ3) is 2.54. The zero-order valence-electron chi connectivity index (χ0n) is 10.2. The molecule has 2 aromatic rings. The molecule has 102 valence electrons. The van der Waals surface area contributed by atoms with Crippen LogP contribution in [0.1, 0.15) is 15.9 Å². The van der Waals surface area contributed by atoms with Crippen LogP contribution in [0.25, 0.3) is 0 Å². The molecule has 0 aliphatic carbocycles. The van der Waals surface area contributed by atoms with Gasteiger partial charge in [0.1, 0.15) is 10.1 Å². The van der Waals surface area contributed by atoms with Crippen LogP contribution in [0.15, 0.2) is 34.1 Å². The molecule has 0 amide bonds. The van der Waals surface area contributed by atoms with E-state index in [1.54, 1.807) is 12.3 Å². The Morgan fingerprint density at radius 3 is 3.10 bits per heavy atom. The number of fused-ring (bicyclic) bond motifs is 1. The van der Waals surface area contributed by atoms with Crippen molar-refractivity contribution >= 4 is 36.2 Å². The molecule has 1 aliphatic heterocycles. The molecule has 1 aliphatic rings. The maximum absolute atomic E-state index is 11.1. The molecule has 2 N–H and O–H groups in total. The first-order chi connectivity index (χ1) is 9.65. The van der Waals surface area contributed by atoms with Gasteiger partial charge in [-0.2, -0.15) is 0 Å². The lowest BCUT2D eigenvalue weighted by atomic mass is 9.77. The first-order valence-electron chi connectivity index (χ1n) is 5.91. The summed E-state index contributed by atoms with van der Waals surface area (Å²) in [5, 5.41) is 20.9. The smallest absolute Gasteiger partial charge is 0.535 e. The van der Waals surface area contributed by atoms with Crippen LogP contribution in [0.5, 0.6) is 5.75 Å². The van der Waals surface area contributed by atoms with Crippen LogP contribution >= 0.6 is 23.1 Å². The van der Waals surface area contributed by atoms with Crippen LogP contribution in [0.3, 0.4) is 0 Å². The van der Waals surface area contributed by atoms with Gasteiger partial charge in [0.15, 0.2) is 0 Å². The maximum Gasteiger partial charge on any atom is 0.537 e. The zero-order valence-corrected chi connectivity index (χ0v) is 11.9. The van der Waals surface area contributed by atoms with Crippen LogP contribution in [0, 0.1) is 0 Å². The van der Waals surface area contributed by atoms with Crippen LogP contribution < -0.4 is 4.65 Å². The first-order valence-corrected chi connectivity index (χ1v) is 7.67. The van der Waals surface area contributed by atoms with Crippen molar-refractivity contribution in [3.63, 3.8) is 0 Å². The maximum atomic E-state index is 11.1. The van der Waals surface area contributed by atoms with E-state index in [0.29, 0.717) is 6.42 Å². The number of rotatable bonds is 3. The molecular formula is C12H10BNO4S2. The third-order valence-electron chi connectivity index (χ3n) is 2.97. The minimum atomic E-state index is -1.06. The van der Waals surface area contributed by atoms with Gasteiger partial charge in [-0.3, -0.25) is 0 Å². The lowest BCUT2D eigenvalue weighted by Crippen LogP contribution is -2.40. The number of carbonyl (C=O) groups is 1. The number of thioether (sulfide) groups is 1. The minimum absolute atomic E-state index is 0.0826. The van der Waals surface area contributed by atoms with E-state index in [-0.39, 0.29) is 16.5 Å². The molecule has 1 atom stereocenters. The second kappa shape index (κ2) is 5.47. The van der Waals surface area contributed by atoms with E-state index in [9.17, 15) is 9.82 Å². The molecule has 0 saturated heterocycles. The minimum Gasteiger partial charge on any atom is -0.535 e. The molecule has 5 nitrogen and oxygen atoms in total. The van der Waals surface area contributed by atoms with Gasteiger partial charge in [-0.05, 0) is 18.1 Å². The standard InChI is InChI=1S/C12H10BNO4S2/c15-11(16)8-3-1-2-7-6-9(13(17)18-10(7)8)20-12-14-4-5-19-12/h1-5,9,17H,6H2,(H,15,16). The fraction of sp³-hybridized carbons (Fsp3) is 0.167. The first kappa shape index (κ1) is 13.5. The SMILES string of the molecule is O=C(O)c1cccc2c1OB(O)C(Sc1nccs1)C2. The number of hydrogen-bond donors (Lipinski definition) is 2. The molecule has 2 heterocycles. The average molecular weight is 307 g/mol. The lowest BCUT2D eigenvalue weighted by Gasteiger charge is -2.27. The van der Waals surface area contributed by atoms with Crippen molar-refractivity contribution in [2.75, 3.05) is 0 Å². The summed E-state index contributed by atoms with van der Waals surface area (Å²) in [6.07, 6.45) is 2.25. The summed E-state index contributed by atoms with van der Waals surface area (Å²) in [6.45, 7) is 0. The van der Waals surface area contributed by atoms with Crippen molar-refractivity contribution in [3.05, 3.63) is 40.9 Å². The van der Waals surface area contributed by atoms with E-state index in [1.807, 2.05) is 11.4 Å². The summed E-state index contributed by atoms with van der Waals surface area (Å²) in [4.78, 5) is 15.3. The highest BCUT2D eigenvalue weighted by molar-refractivity contribution is 8.02. The Labute approximate surface area is 123 Å². The molecule has 0 saturated carbocycles. The fourth-order valence-electron chi connectivity index (χ4n) is 2.07. The van der Waals surface area contributed by atoms with Crippen molar-refractivity contribution in [3.8, 4) is 5.75 Å². The topological polar surface area (TPSA) is 79.7 Å². The summed E-state index contributed by atoms with van der Waals surface area (Å²) in [6, 6.07) is 4.99. The highest BCUT2D eigenvalue weighted by Gasteiger charge is 2.37.